The number of imidazole rings is 1. The van der Waals surface area contributed by atoms with Crippen LogP contribution in [0.2, 0.25) is 0 Å². The Morgan fingerprint density at radius 3 is 2.58 bits per heavy atom. The molecule has 5 rings (SSSR count). The summed E-state index contributed by atoms with van der Waals surface area (Å²) in [5.41, 5.74) is 5.48. The van der Waals surface area contributed by atoms with Gasteiger partial charge in [0.1, 0.15) is 17.4 Å². The molecule has 1 atom stereocenters. The number of thiol groups is 1. The molecule has 0 fully saturated rings. The van der Waals surface area contributed by atoms with E-state index in [0.717, 1.165) is 78.8 Å². The summed E-state index contributed by atoms with van der Waals surface area (Å²) < 4.78 is 21.7. The third kappa shape index (κ3) is 4.62. The van der Waals surface area contributed by atoms with Crippen molar-refractivity contribution in [1.82, 2.24) is 14.5 Å². The second-order valence-corrected chi connectivity index (χ2v) is 9.29. The van der Waals surface area contributed by atoms with Crippen LogP contribution in [-0.2, 0) is 19.3 Å². The third-order valence-corrected chi connectivity index (χ3v) is 6.84. The molecule has 0 spiro atoms. The highest BCUT2D eigenvalue weighted by molar-refractivity contribution is 7.80. The molecule has 4 aromatic rings. The zero-order valence-electron chi connectivity index (χ0n) is 18.8. The number of hydrogen-bond donors (Lipinski definition) is 1. The first-order chi connectivity index (χ1) is 16.1. The molecule has 1 aliphatic rings. The van der Waals surface area contributed by atoms with E-state index < -0.39 is 0 Å². The van der Waals surface area contributed by atoms with Gasteiger partial charge < -0.3 is 9.30 Å². The number of aromatic nitrogens is 3. The van der Waals surface area contributed by atoms with E-state index in [0.29, 0.717) is 5.88 Å². The van der Waals surface area contributed by atoms with Crippen molar-refractivity contribution in [2.75, 3.05) is 0 Å². The molecule has 1 unspecified atom stereocenters. The highest BCUT2D eigenvalue weighted by atomic mass is 32.1. The first-order valence-electron chi connectivity index (χ1n) is 11.7. The maximum atomic E-state index is 13.2. The van der Waals surface area contributed by atoms with E-state index in [1.54, 1.807) is 0 Å². The number of ether oxygens (including phenoxy) is 1. The van der Waals surface area contributed by atoms with Crippen LogP contribution in [-0.4, -0.2) is 14.5 Å². The summed E-state index contributed by atoms with van der Waals surface area (Å²) in [7, 11) is 0. The van der Waals surface area contributed by atoms with Crippen LogP contribution in [0, 0.1) is 12.7 Å². The number of hydrogen-bond acceptors (Lipinski definition) is 4. The van der Waals surface area contributed by atoms with Crippen molar-refractivity contribution in [3.8, 4) is 11.6 Å². The molecule has 2 aromatic carbocycles. The number of benzene rings is 2. The fourth-order valence-electron chi connectivity index (χ4n) is 4.73. The van der Waals surface area contributed by atoms with E-state index in [1.165, 1.54) is 17.7 Å². The largest absolute Gasteiger partial charge is 0.437 e. The lowest BCUT2D eigenvalue weighted by molar-refractivity contribution is 0.463. The van der Waals surface area contributed by atoms with Gasteiger partial charge in [0.2, 0.25) is 5.88 Å². The smallest absolute Gasteiger partial charge is 0.247 e. The van der Waals surface area contributed by atoms with Crippen molar-refractivity contribution in [2.24, 2.45) is 0 Å². The van der Waals surface area contributed by atoms with Gasteiger partial charge in [-0.1, -0.05) is 30.3 Å². The van der Waals surface area contributed by atoms with Gasteiger partial charge in [0, 0.05) is 5.69 Å². The summed E-state index contributed by atoms with van der Waals surface area (Å²) in [5, 5.41) is -0.00606. The molecule has 2 heterocycles. The topological polar surface area (TPSA) is 39.9 Å². The molecule has 0 saturated carbocycles. The van der Waals surface area contributed by atoms with Crippen molar-refractivity contribution in [1.29, 1.82) is 0 Å². The first kappa shape index (κ1) is 22.0. The minimum atomic E-state index is -0.196. The van der Waals surface area contributed by atoms with E-state index in [2.05, 4.69) is 4.57 Å². The molecule has 0 saturated heterocycles. The fraction of sp³-hybridized carbons (Fsp3) is 0.333. The zero-order valence-corrected chi connectivity index (χ0v) is 19.7. The summed E-state index contributed by atoms with van der Waals surface area (Å²) in [6, 6.07) is 16.5. The maximum absolute atomic E-state index is 13.2. The zero-order chi connectivity index (χ0) is 22.8. The fourth-order valence-corrected chi connectivity index (χ4v) is 5.20. The minimum Gasteiger partial charge on any atom is -0.437 e. The standard InChI is InChI=1S/C27H28FN3OS/c1-18-29-25-26(31(18)24(33)13-7-8-19-14-16-20(28)17-15-19)22-11-5-6-12-23(22)30-27(25)32-21-9-3-2-4-10-21/h2-4,9-10,14-17,24,33H,5-8,11-13H2,1H3. The summed E-state index contributed by atoms with van der Waals surface area (Å²) in [6.45, 7) is 2.03. The van der Waals surface area contributed by atoms with Gasteiger partial charge in [-0.25, -0.2) is 14.4 Å². The van der Waals surface area contributed by atoms with Gasteiger partial charge in [-0.3, -0.25) is 0 Å². The molecule has 0 aliphatic heterocycles. The lowest BCUT2D eigenvalue weighted by Crippen LogP contribution is -2.12. The summed E-state index contributed by atoms with van der Waals surface area (Å²) in [6.07, 6.45) is 7.01. The van der Waals surface area contributed by atoms with Gasteiger partial charge in [-0.2, -0.15) is 12.6 Å². The highest BCUT2D eigenvalue weighted by Crippen LogP contribution is 2.38. The van der Waals surface area contributed by atoms with Crippen LogP contribution < -0.4 is 4.74 Å². The molecule has 0 bridgehead atoms. The molecule has 6 heteroatoms. The summed E-state index contributed by atoms with van der Waals surface area (Å²) >= 11 is 5.00. The Hall–Kier alpha value is -2.86. The average Bonchev–Trinajstić information content (AvgIpc) is 3.18. The number of para-hydroxylation sites is 1. The molecule has 0 N–H and O–H groups in total. The first-order valence-corrected chi connectivity index (χ1v) is 12.2. The van der Waals surface area contributed by atoms with Crippen LogP contribution >= 0.6 is 12.6 Å². The van der Waals surface area contributed by atoms with Gasteiger partial charge in [0.15, 0.2) is 5.52 Å². The van der Waals surface area contributed by atoms with Gasteiger partial charge in [-0.05, 0) is 87.3 Å². The van der Waals surface area contributed by atoms with E-state index >= 15 is 0 Å². The van der Waals surface area contributed by atoms with E-state index in [9.17, 15) is 4.39 Å². The van der Waals surface area contributed by atoms with Crippen molar-refractivity contribution < 1.29 is 9.13 Å². The van der Waals surface area contributed by atoms with Crippen LogP contribution in [0.1, 0.15) is 53.7 Å². The van der Waals surface area contributed by atoms with Crippen molar-refractivity contribution >= 4 is 23.7 Å². The third-order valence-electron chi connectivity index (χ3n) is 6.35. The molecular weight excluding hydrogens is 433 g/mol. The maximum Gasteiger partial charge on any atom is 0.247 e. The molecule has 0 amide bonds. The number of pyridine rings is 1. The monoisotopic (exact) mass is 461 g/mol. The highest BCUT2D eigenvalue weighted by Gasteiger charge is 2.25. The van der Waals surface area contributed by atoms with Crippen LogP contribution in [0.5, 0.6) is 11.6 Å². The van der Waals surface area contributed by atoms with Gasteiger partial charge in [0.25, 0.3) is 0 Å². The second-order valence-electron chi connectivity index (χ2n) is 8.69. The Morgan fingerprint density at radius 1 is 1.03 bits per heavy atom. The Balaban J connectivity index is 1.47. The van der Waals surface area contributed by atoms with Gasteiger partial charge in [-0.15, -0.1) is 0 Å². The lowest BCUT2D eigenvalue weighted by Gasteiger charge is -2.21. The van der Waals surface area contributed by atoms with E-state index in [-0.39, 0.29) is 11.2 Å². The van der Waals surface area contributed by atoms with Gasteiger partial charge in [0.05, 0.1) is 10.9 Å². The predicted octanol–water partition coefficient (Wildman–Crippen LogP) is 7.00. The van der Waals surface area contributed by atoms with Crippen LogP contribution in [0.15, 0.2) is 54.6 Å². The van der Waals surface area contributed by atoms with E-state index in [4.69, 9.17) is 27.3 Å². The molecule has 2 aromatic heterocycles. The van der Waals surface area contributed by atoms with Crippen LogP contribution in [0.25, 0.3) is 11.0 Å². The number of nitrogens with zero attached hydrogens (tertiary/aromatic N) is 3. The SMILES string of the molecule is Cc1nc2c(Oc3ccccc3)nc3c(c2n1C(S)CCCc1ccc(F)cc1)CCCC3. The lowest BCUT2D eigenvalue weighted by atomic mass is 9.95. The quantitative estimate of drug-likeness (QED) is 0.301. The number of rotatable bonds is 7. The van der Waals surface area contributed by atoms with Crippen LogP contribution in [0.3, 0.4) is 0 Å². The number of aryl methyl sites for hydroxylation is 4. The Labute approximate surface area is 199 Å². The molecule has 1 aliphatic carbocycles. The van der Waals surface area contributed by atoms with Crippen molar-refractivity contribution in [2.45, 2.75) is 57.2 Å². The second kappa shape index (κ2) is 9.56. The average molecular weight is 462 g/mol. The summed E-state index contributed by atoms with van der Waals surface area (Å²) in [4.78, 5) is 9.81. The Bertz CT molecular complexity index is 1250. The molecule has 0 radical (unpaired) electrons. The molecule has 33 heavy (non-hydrogen) atoms. The van der Waals surface area contributed by atoms with Crippen molar-refractivity contribution in [3.05, 3.63) is 83.1 Å². The van der Waals surface area contributed by atoms with Crippen LogP contribution in [0.4, 0.5) is 4.39 Å². The van der Waals surface area contributed by atoms with Crippen molar-refractivity contribution in [3.63, 3.8) is 0 Å². The predicted molar refractivity (Wildman–Crippen MR) is 133 cm³/mol. The molecular formula is C27H28FN3OS. The Morgan fingerprint density at radius 2 is 1.79 bits per heavy atom. The molecule has 170 valence electrons. The normalized spacial score (nSPS) is 14.3. The molecule has 4 nitrogen and oxygen atoms in total. The van der Waals surface area contributed by atoms with E-state index in [1.807, 2.05) is 49.4 Å². The summed E-state index contributed by atoms with van der Waals surface area (Å²) in [5.74, 6) is 2.06. The Kier molecular flexibility index (Phi) is 6.36. The number of halogens is 1. The number of fused-ring (bicyclic) bond motifs is 3. The van der Waals surface area contributed by atoms with Gasteiger partial charge >= 0.3 is 0 Å². The minimum absolute atomic E-state index is 0.00606.